The van der Waals surface area contributed by atoms with E-state index in [9.17, 15) is 9.50 Å². The Balaban J connectivity index is 1.79. The van der Waals surface area contributed by atoms with Crippen LogP contribution in [0, 0.1) is 17.1 Å². The van der Waals surface area contributed by atoms with Gasteiger partial charge in [-0.3, -0.25) is 0 Å². The van der Waals surface area contributed by atoms with E-state index in [0.29, 0.717) is 30.4 Å². The van der Waals surface area contributed by atoms with Crippen LogP contribution in [0.15, 0.2) is 18.2 Å². The molecule has 0 aromatic heterocycles. The lowest BCUT2D eigenvalue weighted by molar-refractivity contribution is -0.110. The topological polar surface area (TPSA) is 53.2 Å². The Hall–Kier alpha value is -1.44. The van der Waals surface area contributed by atoms with Crippen LogP contribution >= 0.6 is 0 Å². The fraction of sp³-hybridized carbons (Fsp3) is 0.533. The maximum Gasteiger partial charge on any atom is 0.127 e. The lowest BCUT2D eigenvalue weighted by Crippen LogP contribution is -2.42. The second-order valence-corrected chi connectivity index (χ2v) is 5.68. The number of hydrogen-bond acceptors (Lipinski definition) is 3. The van der Waals surface area contributed by atoms with Crippen molar-refractivity contribution in [2.75, 3.05) is 0 Å². The molecule has 0 aliphatic carbocycles. The molecule has 2 atom stereocenters. The third kappa shape index (κ3) is 2.49. The molecule has 3 rings (SSSR count). The van der Waals surface area contributed by atoms with Crippen molar-refractivity contribution >= 4 is 0 Å². The summed E-state index contributed by atoms with van der Waals surface area (Å²) in [6.07, 6.45) is 3.65. The van der Waals surface area contributed by atoms with Crippen molar-refractivity contribution in [1.29, 1.82) is 5.26 Å². The van der Waals surface area contributed by atoms with Crippen LogP contribution in [0.3, 0.4) is 0 Å². The van der Waals surface area contributed by atoms with Crippen molar-refractivity contribution in [3.63, 3.8) is 0 Å². The number of fused-ring (bicyclic) bond motifs is 2. The number of ether oxygens (including phenoxy) is 1. The maximum atomic E-state index is 13.9. The largest absolute Gasteiger partial charge is 0.389 e. The molecule has 2 saturated heterocycles. The van der Waals surface area contributed by atoms with Crippen LogP contribution in [0.2, 0.25) is 0 Å². The normalized spacial score (nSPS) is 33.1. The van der Waals surface area contributed by atoms with Gasteiger partial charge in [0.2, 0.25) is 0 Å². The van der Waals surface area contributed by atoms with Crippen molar-refractivity contribution < 1.29 is 14.2 Å². The summed E-state index contributed by atoms with van der Waals surface area (Å²) in [7, 11) is 0. The molecule has 3 nitrogen and oxygen atoms in total. The first-order valence-electron chi connectivity index (χ1n) is 6.64. The highest BCUT2D eigenvalue weighted by Gasteiger charge is 2.43. The SMILES string of the molecule is N#Cc1ccc(CC2(O)CC3CCC(C2)O3)c(F)c1. The zero-order chi connectivity index (χ0) is 13.5. The molecule has 2 heterocycles. The van der Waals surface area contributed by atoms with Gasteiger partial charge < -0.3 is 9.84 Å². The molecule has 100 valence electrons. The van der Waals surface area contributed by atoms with Gasteiger partial charge in [-0.1, -0.05) is 6.07 Å². The van der Waals surface area contributed by atoms with Crippen molar-refractivity contribution in [2.24, 2.45) is 0 Å². The van der Waals surface area contributed by atoms with Crippen LogP contribution in [-0.4, -0.2) is 22.9 Å². The summed E-state index contributed by atoms with van der Waals surface area (Å²) < 4.78 is 19.6. The number of nitriles is 1. The Morgan fingerprint density at radius 1 is 1.37 bits per heavy atom. The number of nitrogens with zero attached hydrogens (tertiary/aromatic N) is 1. The average molecular weight is 261 g/mol. The summed E-state index contributed by atoms with van der Waals surface area (Å²) >= 11 is 0. The second kappa shape index (κ2) is 4.59. The summed E-state index contributed by atoms with van der Waals surface area (Å²) in [5.41, 5.74) is -0.0953. The highest BCUT2D eigenvalue weighted by atomic mass is 19.1. The first-order chi connectivity index (χ1) is 9.08. The first-order valence-corrected chi connectivity index (χ1v) is 6.64. The monoisotopic (exact) mass is 261 g/mol. The van der Waals surface area contributed by atoms with Crippen LogP contribution in [-0.2, 0) is 11.2 Å². The Kier molecular flexibility index (Phi) is 3.04. The van der Waals surface area contributed by atoms with Gasteiger partial charge in [0.1, 0.15) is 5.82 Å². The minimum absolute atomic E-state index is 0.116. The molecule has 2 aliphatic heterocycles. The second-order valence-electron chi connectivity index (χ2n) is 5.68. The molecule has 0 amide bonds. The van der Waals surface area contributed by atoms with E-state index in [4.69, 9.17) is 10.00 Å². The summed E-state index contributed by atoms with van der Waals surface area (Å²) in [4.78, 5) is 0. The smallest absolute Gasteiger partial charge is 0.127 e. The van der Waals surface area contributed by atoms with Crippen molar-refractivity contribution in [3.8, 4) is 6.07 Å². The van der Waals surface area contributed by atoms with Gasteiger partial charge in [-0.25, -0.2) is 4.39 Å². The summed E-state index contributed by atoms with van der Waals surface area (Å²) in [6, 6.07) is 6.33. The third-order valence-corrected chi connectivity index (χ3v) is 4.11. The third-order valence-electron chi connectivity index (χ3n) is 4.11. The van der Waals surface area contributed by atoms with Gasteiger partial charge >= 0.3 is 0 Å². The molecule has 2 fully saturated rings. The minimum atomic E-state index is -0.876. The molecule has 1 aromatic rings. The quantitative estimate of drug-likeness (QED) is 0.888. The summed E-state index contributed by atoms with van der Waals surface area (Å²) in [5, 5.41) is 19.4. The molecule has 1 aromatic carbocycles. The van der Waals surface area contributed by atoms with Crippen molar-refractivity contribution in [3.05, 3.63) is 35.1 Å². The van der Waals surface area contributed by atoms with E-state index >= 15 is 0 Å². The standard InChI is InChI=1S/C15H16FNO2/c16-14-5-10(9-17)1-2-11(14)6-15(18)7-12-3-4-13(8-15)19-12/h1-2,5,12-13,18H,3-4,6-8H2. The predicted octanol–water partition coefficient (Wildman–Crippen LogP) is 2.31. The van der Waals surface area contributed by atoms with Crippen LogP contribution in [0.5, 0.6) is 0 Å². The summed E-state index contributed by atoms with van der Waals surface area (Å²) in [6.45, 7) is 0. The van der Waals surface area contributed by atoms with E-state index in [2.05, 4.69) is 0 Å². The molecule has 2 unspecified atom stereocenters. The Bertz CT molecular complexity index is 525. The zero-order valence-electron chi connectivity index (χ0n) is 10.6. The Morgan fingerprint density at radius 2 is 2.05 bits per heavy atom. The fourth-order valence-electron chi connectivity index (χ4n) is 3.27. The molecule has 0 saturated carbocycles. The molecular formula is C15H16FNO2. The molecule has 0 spiro atoms. The van der Waals surface area contributed by atoms with Crippen LogP contribution in [0.25, 0.3) is 0 Å². The van der Waals surface area contributed by atoms with E-state index in [-0.39, 0.29) is 12.2 Å². The van der Waals surface area contributed by atoms with Gasteiger partial charge in [0.05, 0.1) is 29.4 Å². The van der Waals surface area contributed by atoms with Gasteiger partial charge in [0.15, 0.2) is 0 Å². The van der Waals surface area contributed by atoms with Crippen molar-refractivity contribution in [1.82, 2.24) is 0 Å². The van der Waals surface area contributed by atoms with E-state index in [1.807, 2.05) is 6.07 Å². The Morgan fingerprint density at radius 3 is 2.63 bits per heavy atom. The van der Waals surface area contributed by atoms with Crippen LogP contribution < -0.4 is 0 Å². The number of halogens is 1. The number of benzene rings is 1. The van der Waals surface area contributed by atoms with Gasteiger partial charge in [-0.2, -0.15) is 5.26 Å². The molecule has 19 heavy (non-hydrogen) atoms. The van der Waals surface area contributed by atoms with E-state index < -0.39 is 11.4 Å². The first kappa shape index (κ1) is 12.6. The zero-order valence-corrected chi connectivity index (χ0v) is 10.6. The van der Waals surface area contributed by atoms with Gasteiger partial charge in [-0.15, -0.1) is 0 Å². The Labute approximate surface area is 111 Å². The number of hydrogen-bond donors (Lipinski definition) is 1. The molecule has 0 radical (unpaired) electrons. The lowest BCUT2D eigenvalue weighted by Gasteiger charge is -2.36. The molecule has 4 heteroatoms. The van der Waals surface area contributed by atoms with Gasteiger partial charge in [0.25, 0.3) is 0 Å². The van der Waals surface area contributed by atoms with Crippen molar-refractivity contribution in [2.45, 2.75) is 49.9 Å². The van der Waals surface area contributed by atoms with E-state index in [0.717, 1.165) is 12.8 Å². The highest BCUT2D eigenvalue weighted by molar-refractivity contribution is 5.33. The average Bonchev–Trinajstić information content (AvgIpc) is 2.72. The predicted molar refractivity (Wildman–Crippen MR) is 66.9 cm³/mol. The lowest BCUT2D eigenvalue weighted by atomic mass is 9.84. The van der Waals surface area contributed by atoms with Crippen LogP contribution in [0.4, 0.5) is 4.39 Å². The van der Waals surface area contributed by atoms with Gasteiger partial charge in [0, 0.05) is 19.3 Å². The highest BCUT2D eigenvalue weighted by Crippen LogP contribution is 2.40. The molecular weight excluding hydrogens is 245 g/mol. The number of aliphatic hydroxyl groups is 1. The molecule has 1 N–H and O–H groups in total. The molecule has 2 aliphatic rings. The summed E-state index contributed by atoms with van der Waals surface area (Å²) in [5.74, 6) is -0.411. The van der Waals surface area contributed by atoms with Crippen LogP contribution in [0.1, 0.15) is 36.8 Å². The maximum absolute atomic E-state index is 13.9. The van der Waals surface area contributed by atoms with E-state index in [1.54, 1.807) is 12.1 Å². The number of rotatable bonds is 2. The fourth-order valence-corrected chi connectivity index (χ4v) is 3.27. The van der Waals surface area contributed by atoms with Gasteiger partial charge in [-0.05, 0) is 30.5 Å². The molecule has 2 bridgehead atoms. The van der Waals surface area contributed by atoms with E-state index in [1.165, 1.54) is 6.07 Å². The minimum Gasteiger partial charge on any atom is -0.389 e.